The minimum atomic E-state index is 0.0990. The fraction of sp³-hybridized carbons (Fsp3) is 1.00. The maximum atomic E-state index is 6.11. The van der Waals surface area contributed by atoms with Crippen molar-refractivity contribution in [2.24, 2.45) is 5.73 Å². The molecule has 4 heteroatoms. The number of hydrogen-bond acceptors (Lipinski definition) is 4. The van der Waals surface area contributed by atoms with Gasteiger partial charge >= 0.3 is 0 Å². The second-order valence-corrected chi connectivity index (χ2v) is 5.62. The van der Waals surface area contributed by atoms with Gasteiger partial charge in [-0.25, -0.2) is 0 Å². The highest BCUT2D eigenvalue weighted by Gasteiger charge is 2.40. The zero-order chi connectivity index (χ0) is 12.8. The van der Waals surface area contributed by atoms with E-state index in [4.69, 9.17) is 15.2 Å². The summed E-state index contributed by atoms with van der Waals surface area (Å²) in [6, 6.07) is 0.653. The molecule has 0 saturated carbocycles. The highest BCUT2D eigenvalue weighted by Crippen LogP contribution is 2.35. The molecular formula is C14H28N2O2. The van der Waals surface area contributed by atoms with E-state index in [-0.39, 0.29) is 5.60 Å². The molecule has 0 amide bonds. The molecule has 0 bridgehead atoms. The SMILES string of the molecule is CCCN(CCN)C1CCOC2(CCOCC2)C1. The van der Waals surface area contributed by atoms with Gasteiger partial charge in [0.1, 0.15) is 0 Å². The van der Waals surface area contributed by atoms with Gasteiger partial charge in [0, 0.05) is 39.0 Å². The van der Waals surface area contributed by atoms with Crippen molar-refractivity contribution in [3.8, 4) is 0 Å². The van der Waals surface area contributed by atoms with E-state index in [9.17, 15) is 0 Å². The number of hydrogen-bond donors (Lipinski definition) is 1. The van der Waals surface area contributed by atoms with Crippen LogP contribution in [0.4, 0.5) is 0 Å². The van der Waals surface area contributed by atoms with Gasteiger partial charge in [-0.2, -0.15) is 0 Å². The van der Waals surface area contributed by atoms with E-state index in [0.717, 1.165) is 65.1 Å². The Morgan fingerprint density at radius 3 is 2.67 bits per heavy atom. The zero-order valence-corrected chi connectivity index (χ0v) is 11.7. The van der Waals surface area contributed by atoms with Crippen LogP contribution >= 0.6 is 0 Å². The van der Waals surface area contributed by atoms with Crippen LogP contribution in [0.3, 0.4) is 0 Å². The number of rotatable bonds is 5. The monoisotopic (exact) mass is 256 g/mol. The van der Waals surface area contributed by atoms with Crippen LogP contribution in [0.1, 0.15) is 39.0 Å². The molecule has 0 aromatic carbocycles. The lowest BCUT2D eigenvalue weighted by molar-refractivity contribution is -0.151. The average molecular weight is 256 g/mol. The van der Waals surface area contributed by atoms with Crippen molar-refractivity contribution in [2.45, 2.75) is 50.7 Å². The Bertz CT molecular complexity index is 230. The topological polar surface area (TPSA) is 47.7 Å². The normalized spacial score (nSPS) is 27.8. The lowest BCUT2D eigenvalue weighted by Crippen LogP contribution is -2.52. The van der Waals surface area contributed by atoms with Gasteiger partial charge in [0.2, 0.25) is 0 Å². The van der Waals surface area contributed by atoms with E-state index in [1.807, 2.05) is 0 Å². The fourth-order valence-electron chi connectivity index (χ4n) is 3.34. The molecular weight excluding hydrogens is 228 g/mol. The van der Waals surface area contributed by atoms with Crippen molar-refractivity contribution in [1.82, 2.24) is 4.90 Å². The number of nitrogens with zero attached hydrogens (tertiary/aromatic N) is 1. The third-order valence-corrected chi connectivity index (χ3v) is 4.31. The summed E-state index contributed by atoms with van der Waals surface area (Å²) in [5, 5.41) is 0. The Balaban J connectivity index is 1.95. The summed E-state index contributed by atoms with van der Waals surface area (Å²) in [7, 11) is 0. The van der Waals surface area contributed by atoms with Crippen LogP contribution < -0.4 is 5.73 Å². The predicted octanol–water partition coefficient (Wildman–Crippen LogP) is 1.39. The van der Waals surface area contributed by atoms with Crippen molar-refractivity contribution in [1.29, 1.82) is 0 Å². The van der Waals surface area contributed by atoms with Crippen molar-refractivity contribution in [3.05, 3.63) is 0 Å². The molecule has 18 heavy (non-hydrogen) atoms. The molecule has 2 N–H and O–H groups in total. The van der Waals surface area contributed by atoms with E-state index in [1.54, 1.807) is 0 Å². The van der Waals surface area contributed by atoms with Crippen LogP contribution in [-0.2, 0) is 9.47 Å². The second-order valence-electron chi connectivity index (χ2n) is 5.62. The summed E-state index contributed by atoms with van der Waals surface area (Å²) in [5.74, 6) is 0. The fourth-order valence-corrected chi connectivity index (χ4v) is 3.34. The van der Waals surface area contributed by atoms with Crippen molar-refractivity contribution < 1.29 is 9.47 Å². The van der Waals surface area contributed by atoms with Crippen LogP contribution in [0.25, 0.3) is 0 Å². The summed E-state index contributed by atoms with van der Waals surface area (Å²) < 4.78 is 11.6. The van der Waals surface area contributed by atoms with Crippen LogP contribution in [0.2, 0.25) is 0 Å². The molecule has 2 heterocycles. The Morgan fingerprint density at radius 1 is 1.22 bits per heavy atom. The standard InChI is InChI=1S/C14H28N2O2/c1-2-7-16(8-6-15)13-3-9-18-14(12-13)4-10-17-11-5-14/h13H,2-12,15H2,1H3. The molecule has 1 atom stereocenters. The summed E-state index contributed by atoms with van der Waals surface area (Å²) in [6.45, 7) is 7.80. The van der Waals surface area contributed by atoms with Crippen LogP contribution in [0.5, 0.6) is 0 Å². The van der Waals surface area contributed by atoms with E-state index >= 15 is 0 Å². The molecule has 2 fully saturated rings. The first kappa shape index (κ1) is 14.3. The summed E-state index contributed by atoms with van der Waals surface area (Å²) >= 11 is 0. The molecule has 2 aliphatic heterocycles. The van der Waals surface area contributed by atoms with Crippen LogP contribution in [-0.4, -0.2) is 56.0 Å². The van der Waals surface area contributed by atoms with Gasteiger partial charge in [-0.15, -0.1) is 0 Å². The first-order chi connectivity index (χ1) is 8.79. The summed E-state index contributed by atoms with van der Waals surface area (Å²) in [5.41, 5.74) is 5.84. The van der Waals surface area contributed by atoms with Gasteiger partial charge in [0.15, 0.2) is 0 Å². The summed E-state index contributed by atoms with van der Waals surface area (Å²) in [4.78, 5) is 2.57. The first-order valence-electron chi connectivity index (χ1n) is 7.45. The van der Waals surface area contributed by atoms with Crippen molar-refractivity contribution in [3.63, 3.8) is 0 Å². The van der Waals surface area contributed by atoms with Gasteiger partial charge in [0.05, 0.1) is 5.60 Å². The Kier molecular flexibility index (Phi) is 5.42. The van der Waals surface area contributed by atoms with Crippen molar-refractivity contribution in [2.75, 3.05) is 39.5 Å². The number of ether oxygens (including phenoxy) is 2. The first-order valence-corrected chi connectivity index (χ1v) is 7.45. The largest absolute Gasteiger partial charge is 0.381 e. The molecule has 4 nitrogen and oxygen atoms in total. The second kappa shape index (κ2) is 6.85. The van der Waals surface area contributed by atoms with Gasteiger partial charge in [0.25, 0.3) is 0 Å². The van der Waals surface area contributed by atoms with E-state index in [0.29, 0.717) is 6.04 Å². The highest BCUT2D eigenvalue weighted by atomic mass is 16.5. The molecule has 0 aliphatic carbocycles. The van der Waals surface area contributed by atoms with Crippen LogP contribution in [0, 0.1) is 0 Å². The molecule has 0 aromatic heterocycles. The predicted molar refractivity (Wildman–Crippen MR) is 72.7 cm³/mol. The lowest BCUT2D eigenvalue weighted by Gasteiger charge is -2.46. The molecule has 0 radical (unpaired) electrons. The molecule has 2 rings (SSSR count). The Labute approximate surface area is 111 Å². The highest BCUT2D eigenvalue weighted by molar-refractivity contribution is 4.92. The molecule has 1 spiro atoms. The minimum absolute atomic E-state index is 0.0990. The molecule has 1 unspecified atom stereocenters. The molecule has 106 valence electrons. The summed E-state index contributed by atoms with van der Waals surface area (Å²) in [6.07, 6.45) is 5.64. The van der Waals surface area contributed by atoms with Gasteiger partial charge in [-0.3, -0.25) is 4.90 Å². The maximum absolute atomic E-state index is 6.11. The Morgan fingerprint density at radius 2 is 2.00 bits per heavy atom. The van der Waals surface area contributed by atoms with Crippen molar-refractivity contribution >= 4 is 0 Å². The maximum Gasteiger partial charge on any atom is 0.0741 e. The quantitative estimate of drug-likeness (QED) is 0.807. The average Bonchev–Trinajstić information content (AvgIpc) is 2.39. The molecule has 2 saturated heterocycles. The minimum Gasteiger partial charge on any atom is -0.381 e. The van der Waals surface area contributed by atoms with E-state index < -0.39 is 0 Å². The smallest absolute Gasteiger partial charge is 0.0741 e. The lowest BCUT2D eigenvalue weighted by atomic mass is 9.83. The van der Waals surface area contributed by atoms with E-state index in [2.05, 4.69) is 11.8 Å². The van der Waals surface area contributed by atoms with E-state index in [1.165, 1.54) is 6.42 Å². The van der Waals surface area contributed by atoms with Crippen LogP contribution in [0.15, 0.2) is 0 Å². The molecule has 0 aromatic rings. The third kappa shape index (κ3) is 3.44. The van der Waals surface area contributed by atoms with Gasteiger partial charge in [-0.05, 0) is 38.6 Å². The Hall–Kier alpha value is -0.160. The van der Waals surface area contributed by atoms with Gasteiger partial charge in [-0.1, -0.05) is 6.92 Å². The number of nitrogens with two attached hydrogens (primary N) is 1. The zero-order valence-electron chi connectivity index (χ0n) is 11.7. The molecule has 2 aliphatic rings. The third-order valence-electron chi connectivity index (χ3n) is 4.31. The van der Waals surface area contributed by atoms with Gasteiger partial charge < -0.3 is 15.2 Å².